The summed E-state index contributed by atoms with van der Waals surface area (Å²) in [5.41, 5.74) is 0. The van der Waals surface area contributed by atoms with Crippen LogP contribution in [0.2, 0.25) is 0 Å². The van der Waals surface area contributed by atoms with Gasteiger partial charge in [-0.15, -0.1) is 12.3 Å². The molecule has 0 aromatic carbocycles. The van der Waals surface area contributed by atoms with E-state index in [0.29, 0.717) is 19.0 Å². The van der Waals surface area contributed by atoms with Crippen LogP contribution < -0.4 is 0 Å². The predicted octanol–water partition coefficient (Wildman–Crippen LogP) is 1.55. The van der Waals surface area contributed by atoms with Crippen LogP contribution in [-0.2, 0) is 4.79 Å². The number of hydrogen-bond donors (Lipinski definition) is 1. The second kappa shape index (κ2) is 7.29. The van der Waals surface area contributed by atoms with Crippen molar-refractivity contribution in [2.24, 2.45) is 0 Å². The van der Waals surface area contributed by atoms with Crippen LogP contribution in [0.3, 0.4) is 0 Å². The van der Waals surface area contributed by atoms with Gasteiger partial charge in [0.05, 0.1) is 6.61 Å². The second-order valence-corrected chi connectivity index (χ2v) is 4.31. The fraction of sp³-hybridized carbons (Fsp3) is 0.769. The van der Waals surface area contributed by atoms with E-state index >= 15 is 0 Å². The first-order valence-electron chi connectivity index (χ1n) is 6.13. The average Bonchev–Trinajstić information content (AvgIpc) is 2.21. The number of aliphatic hydroxyl groups is 1. The fourth-order valence-corrected chi connectivity index (χ4v) is 1.96. The van der Waals surface area contributed by atoms with Crippen LogP contribution in [0.5, 0.6) is 0 Å². The van der Waals surface area contributed by atoms with Gasteiger partial charge >= 0.3 is 0 Å². The zero-order valence-corrected chi connectivity index (χ0v) is 9.82. The number of aliphatic hydroxyl groups excluding tert-OH is 1. The van der Waals surface area contributed by atoms with Crippen LogP contribution in [0.25, 0.3) is 0 Å². The molecule has 0 aromatic heterocycles. The maximum Gasteiger partial charge on any atom is 0.222 e. The molecule has 1 aliphatic rings. The van der Waals surface area contributed by atoms with Gasteiger partial charge < -0.3 is 10.0 Å². The van der Waals surface area contributed by atoms with Crippen LogP contribution in [0.15, 0.2) is 0 Å². The molecule has 0 radical (unpaired) electrons. The molecule has 0 bridgehead atoms. The Morgan fingerprint density at radius 2 is 2.19 bits per heavy atom. The van der Waals surface area contributed by atoms with Crippen molar-refractivity contribution in [2.75, 3.05) is 13.2 Å². The highest BCUT2D eigenvalue weighted by atomic mass is 16.3. The van der Waals surface area contributed by atoms with Gasteiger partial charge in [-0.05, 0) is 32.1 Å². The molecule has 1 amide bonds. The predicted molar refractivity (Wildman–Crippen MR) is 63.7 cm³/mol. The number of carbonyl (C=O) groups excluding carboxylic acids is 1. The van der Waals surface area contributed by atoms with Crippen LogP contribution >= 0.6 is 0 Å². The van der Waals surface area contributed by atoms with Crippen LogP contribution in [0, 0.1) is 12.3 Å². The summed E-state index contributed by atoms with van der Waals surface area (Å²) < 4.78 is 0. The normalized spacial score (nSPS) is 15.2. The topological polar surface area (TPSA) is 40.5 Å². The molecule has 0 atom stereocenters. The van der Waals surface area contributed by atoms with E-state index in [1.165, 1.54) is 6.42 Å². The Morgan fingerprint density at radius 3 is 2.69 bits per heavy atom. The molecule has 90 valence electrons. The second-order valence-electron chi connectivity index (χ2n) is 4.31. The SMILES string of the molecule is C#CCCCCC(=O)N(CCO)C1CCC1. The van der Waals surface area contributed by atoms with Crippen LogP contribution in [0.4, 0.5) is 0 Å². The van der Waals surface area contributed by atoms with Gasteiger partial charge in [-0.3, -0.25) is 4.79 Å². The number of hydrogen-bond acceptors (Lipinski definition) is 2. The van der Waals surface area contributed by atoms with Crippen molar-refractivity contribution >= 4 is 5.91 Å². The number of carbonyl (C=O) groups is 1. The first-order chi connectivity index (χ1) is 7.79. The summed E-state index contributed by atoms with van der Waals surface area (Å²) in [6.07, 6.45) is 11.6. The van der Waals surface area contributed by atoms with E-state index in [0.717, 1.165) is 32.1 Å². The van der Waals surface area contributed by atoms with E-state index in [1.54, 1.807) is 0 Å². The van der Waals surface area contributed by atoms with Crippen molar-refractivity contribution in [3.05, 3.63) is 0 Å². The molecular weight excluding hydrogens is 202 g/mol. The molecular formula is C13H21NO2. The molecule has 3 heteroatoms. The Hall–Kier alpha value is -1.01. The van der Waals surface area contributed by atoms with E-state index < -0.39 is 0 Å². The van der Waals surface area contributed by atoms with Crippen LogP contribution in [-0.4, -0.2) is 35.1 Å². The lowest BCUT2D eigenvalue weighted by Crippen LogP contribution is -2.45. The van der Waals surface area contributed by atoms with E-state index in [9.17, 15) is 4.79 Å². The molecule has 1 aliphatic carbocycles. The Balaban J connectivity index is 2.27. The van der Waals surface area contributed by atoms with E-state index in [2.05, 4.69) is 5.92 Å². The highest BCUT2D eigenvalue weighted by Crippen LogP contribution is 2.25. The Bertz CT molecular complexity index is 253. The zero-order valence-electron chi connectivity index (χ0n) is 9.82. The first-order valence-corrected chi connectivity index (χ1v) is 6.13. The Morgan fingerprint density at radius 1 is 1.44 bits per heavy atom. The summed E-state index contributed by atoms with van der Waals surface area (Å²) in [5.74, 6) is 2.75. The van der Waals surface area contributed by atoms with Crippen molar-refractivity contribution < 1.29 is 9.90 Å². The van der Waals surface area contributed by atoms with Gasteiger partial charge in [0.15, 0.2) is 0 Å². The third kappa shape index (κ3) is 3.86. The van der Waals surface area contributed by atoms with E-state index in [4.69, 9.17) is 11.5 Å². The number of unbranched alkanes of at least 4 members (excludes halogenated alkanes) is 2. The van der Waals surface area contributed by atoms with Crippen LogP contribution in [0.1, 0.15) is 44.9 Å². The molecule has 1 fully saturated rings. The first kappa shape index (κ1) is 13.1. The van der Waals surface area contributed by atoms with Gasteiger partial charge in [0.2, 0.25) is 5.91 Å². The van der Waals surface area contributed by atoms with Gasteiger partial charge in [0.1, 0.15) is 0 Å². The summed E-state index contributed by atoms with van der Waals surface area (Å²) >= 11 is 0. The third-order valence-electron chi connectivity index (χ3n) is 3.14. The molecule has 0 saturated heterocycles. The molecule has 1 saturated carbocycles. The lowest BCUT2D eigenvalue weighted by molar-refractivity contribution is -0.136. The van der Waals surface area contributed by atoms with Gasteiger partial charge in [0.25, 0.3) is 0 Å². The average molecular weight is 223 g/mol. The number of terminal acetylenes is 1. The highest BCUT2D eigenvalue weighted by Gasteiger charge is 2.27. The van der Waals surface area contributed by atoms with Crippen molar-refractivity contribution in [1.29, 1.82) is 0 Å². The fourth-order valence-electron chi connectivity index (χ4n) is 1.96. The quantitative estimate of drug-likeness (QED) is 0.525. The van der Waals surface area contributed by atoms with E-state index in [-0.39, 0.29) is 12.5 Å². The molecule has 3 nitrogen and oxygen atoms in total. The summed E-state index contributed by atoms with van der Waals surface area (Å²) in [7, 11) is 0. The van der Waals surface area contributed by atoms with Crippen molar-refractivity contribution in [3.63, 3.8) is 0 Å². The molecule has 0 heterocycles. The minimum absolute atomic E-state index is 0.0621. The minimum atomic E-state index is 0.0621. The lowest BCUT2D eigenvalue weighted by Gasteiger charge is -2.37. The Labute approximate surface area is 97.8 Å². The van der Waals surface area contributed by atoms with Gasteiger partial charge in [0, 0.05) is 25.4 Å². The molecule has 1 N–H and O–H groups in total. The maximum atomic E-state index is 11.9. The molecule has 0 aromatic rings. The zero-order chi connectivity index (χ0) is 11.8. The molecule has 1 rings (SSSR count). The largest absolute Gasteiger partial charge is 0.395 e. The standard InChI is InChI=1S/C13H21NO2/c1-2-3-4-5-9-13(16)14(10-11-15)12-7-6-8-12/h1,12,15H,3-11H2. The van der Waals surface area contributed by atoms with Gasteiger partial charge in [-0.2, -0.15) is 0 Å². The lowest BCUT2D eigenvalue weighted by atomic mass is 9.91. The number of nitrogens with zero attached hydrogens (tertiary/aromatic N) is 1. The smallest absolute Gasteiger partial charge is 0.222 e. The summed E-state index contributed by atoms with van der Waals surface area (Å²) in [5, 5.41) is 8.94. The molecule has 0 aliphatic heterocycles. The molecule has 0 spiro atoms. The minimum Gasteiger partial charge on any atom is -0.395 e. The number of rotatable bonds is 7. The maximum absolute atomic E-state index is 11.9. The van der Waals surface area contributed by atoms with Gasteiger partial charge in [-0.1, -0.05) is 0 Å². The third-order valence-corrected chi connectivity index (χ3v) is 3.14. The Kier molecular flexibility index (Phi) is 5.95. The van der Waals surface area contributed by atoms with Crippen molar-refractivity contribution in [1.82, 2.24) is 4.90 Å². The van der Waals surface area contributed by atoms with Crippen molar-refractivity contribution in [2.45, 2.75) is 51.0 Å². The van der Waals surface area contributed by atoms with Crippen molar-refractivity contribution in [3.8, 4) is 12.3 Å². The van der Waals surface area contributed by atoms with Gasteiger partial charge in [-0.25, -0.2) is 0 Å². The summed E-state index contributed by atoms with van der Waals surface area (Å²) in [6.45, 7) is 0.547. The highest BCUT2D eigenvalue weighted by molar-refractivity contribution is 5.76. The summed E-state index contributed by atoms with van der Waals surface area (Å²) in [4.78, 5) is 13.7. The summed E-state index contributed by atoms with van der Waals surface area (Å²) in [6, 6.07) is 0.382. The number of amides is 1. The molecule has 0 unspecified atom stereocenters. The molecule has 16 heavy (non-hydrogen) atoms. The monoisotopic (exact) mass is 223 g/mol. The van der Waals surface area contributed by atoms with E-state index in [1.807, 2.05) is 4.90 Å².